The van der Waals surface area contributed by atoms with Crippen LogP contribution in [-0.2, 0) is 17.9 Å². The molecule has 6 nitrogen and oxygen atoms in total. The molecule has 0 unspecified atom stereocenters. The van der Waals surface area contributed by atoms with Crippen LogP contribution in [0.15, 0.2) is 35.5 Å². The molecule has 0 aliphatic heterocycles. The number of amides is 1. The van der Waals surface area contributed by atoms with Crippen molar-refractivity contribution in [1.82, 2.24) is 20.1 Å². The number of aromatic nitrogens is 3. The number of rotatable bonds is 10. The van der Waals surface area contributed by atoms with Crippen molar-refractivity contribution in [2.45, 2.75) is 45.5 Å². The summed E-state index contributed by atoms with van der Waals surface area (Å²) < 4.78 is 7.87. The molecule has 2 aromatic rings. The van der Waals surface area contributed by atoms with Gasteiger partial charge in [-0.2, -0.15) is 0 Å². The van der Waals surface area contributed by atoms with E-state index in [9.17, 15) is 4.79 Å². The van der Waals surface area contributed by atoms with Crippen LogP contribution in [0.3, 0.4) is 0 Å². The molecule has 0 atom stereocenters. The van der Waals surface area contributed by atoms with Crippen molar-refractivity contribution >= 4 is 17.7 Å². The Bertz CT molecular complexity index is 658. The molecule has 2 rings (SSSR count). The number of para-hydroxylation sites is 1. The smallest absolute Gasteiger partial charge is 0.230 e. The van der Waals surface area contributed by atoms with Crippen molar-refractivity contribution < 1.29 is 9.53 Å². The number of nitrogens with zero attached hydrogens (tertiary/aromatic N) is 3. The lowest BCUT2D eigenvalue weighted by Crippen LogP contribution is -2.24. The lowest BCUT2D eigenvalue weighted by Gasteiger charge is -2.12. The van der Waals surface area contributed by atoms with Gasteiger partial charge in [0.2, 0.25) is 5.91 Å². The zero-order valence-electron chi connectivity index (χ0n) is 15.1. The maximum Gasteiger partial charge on any atom is 0.230 e. The number of ether oxygens (including phenoxy) is 1. The van der Waals surface area contributed by atoms with Crippen LogP contribution in [0, 0.1) is 5.92 Å². The minimum absolute atomic E-state index is 0.00740. The highest BCUT2D eigenvalue weighted by atomic mass is 32.2. The van der Waals surface area contributed by atoms with Gasteiger partial charge in [0, 0.05) is 13.1 Å². The Morgan fingerprint density at radius 1 is 1.28 bits per heavy atom. The van der Waals surface area contributed by atoms with Crippen LogP contribution in [0.25, 0.3) is 0 Å². The maximum atomic E-state index is 11.7. The molecule has 0 aliphatic carbocycles. The molecule has 1 aromatic heterocycles. The molecule has 7 heteroatoms. The van der Waals surface area contributed by atoms with Crippen molar-refractivity contribution in [2.75, 3.05) is 12.3 Å². The molecule has 25 heavy (non-hydrogen) atoms. The first-order chi connectivity index (χ1) is 12.1. The van der Waals surface area contributed by atoms with E-state index in [1.807, 2.05) is 37.3 Å². The number of thioether (sulfide) groups is 1. The summed E-state index contributed by atoms with van der Waals surface area (Å²) in [7, 11) is 0. The van der Waals surface area contributed by atoms with E-state index in [0.29, 0.717) is 24.8 Å². The molecule has 0 fully saturated rings. The van der Waals surface area contributed by atoms with Crippen molar-refractivity contribution in [3.05, 3.63) is 36.2 Å². The average Bonchev–Trinajstić information content (AvgIpc) is 2.99. The molecule has 1 aromatic carbocycles. The van der Waals surface area contributed by atoms with E-state index >= 15 is 0 Å². The molecule has 1 N–H and O–H groups in total. The highest BCUT2D eigenvalue weighted by molar-refractivity contribution is 7.99. The van der Waals surface area contributed by atoms with Crippen molar-refractivity contribution in [2.24, 2.45) is 5.92 Å². The van der Waals surface area contributed by atoms with Crippen LogP contribution in [0.1, 0.15) is 33.0 Å². The van der Waals surface area contributed by atoms with E-state index in [2.05, 4.69) is 33.9 Å². The first kappa shape index (κ1) is 19.3. The normalized spacial score (nSPS) is 10.9. The second kappa shape index (κ2) is 10.1. The fourth-order valence-corrected chi connectivity index (χ4v) is 3.00. The largest absolute Gasteiger partial charge is 0.486 e. The third-order valence-electron chi connectivity index (χ3n) is 3.54. The molecular formula is C18H26N4O2S. The number of benzene rings is 1. The van der Waals surface area contributed by atoms with Gasteiger partial charge < -0.3 is 14.6 Å². The van der Waals surface area contributed by atoms with Gasteiger partial charge >= 0.3 is 0 Å². The van der Waals surface area contributed by atoms with Gasteiger partial charge in [-0.05, 0) is 31.4 Å². The van der Waals surface area contributed by atoms with Gasteiger partial charge in [0.25, 0.3) is 0 Å². The molecule has 0 saturated heterocycles. The molecule has 0 radical (unpaired) electrons. The van der Waals surface area contributed by atoms with Gasteiger partial charge in [0.15, 0.2) is 11.0 Å². The van der Waals surface area contributed by atoms with Gasteiger partial charge in [-0.25, -0.2) is 0 Å². The summed E-state index contributed by atoms with van der Waals surface area (Å²) in [6, 6.07) is 9.66. The van der Waals surface area contributed by atoms with E-state index in [4.69, 9.17) is 4.74 Å². The summed E-state index contributed by atoms with van der Waals surface area (Å²) in [4.78, 5) is 11.7. The second-order valence-electron chi connectivity index (χ2n) is 6.08. The lowest BCUT2D eigenvalue weighted by molar-refractivity contribution is -0.118. The summed E-state index contributed by atoms with van der Waals surface area (Å²) in [5, 5.41) is 12.1. The molecule has 0 bridgehead atoms. The maximum absolute atomic E-state index is 11.7. The first-order valence-corrected chi connectivity index (χ1v) is 9.58. The van der Waals surface area contributed by atoms with Crippen molar-refractivity contribution in [1.29, 1.82) is 0 Å². The van der Waals surface area contributed by atoms with E-state index < -0.39 is 0 Å². The van der Waals surface area contributed by atoms with Crippen LogP contribution in [0.5, 0.6) is 5.75 Å². The van der Waals surface area contributed by atoms with E-state index in [1.165, 1.54) is 11.8 Å². The van der Waals surface area contributed by atoms with Crippen molar-refractivity contribution in [3.8, 4) is 5.75 Å². The molecule has 0 saturated carbocycles. The van der Waals surface area contributed by atoms with Crippen LogP contribution in [0.2, 0.25) is 0 Å². The van der Waals surface area contributed by atoms with Gasteiger partial charge in [-0.3, -0.25) is 4.79 Å². The van der Waals surface area contributed by atoms with Crippen molar-refractivity contribution in [3.63, 3.8) is 0 Å². The SMILES string of the molecule is CCNC(=O)CSc1nnc(COc2ccccc2)n1CCC(C)C. The van der Waals surface area contributed by atoms with Crippen LogP contribution in [0.4, 0.5) is 0 Å². The summed E-state index contributed by atoms with van der Waals surface area (Å²) in [6.45, 7) is 8.09. The monoisotopic (exact) mass is 362 g/mol. The number of nitrogens with one attached hydrogen (secondary N) is 1. The molecular weight excluding hydrogens is 336 g/mol. The quantitative estimate of drug-likeness (QED) is 0.658. The minimum Gasteiger partial charge on any atom is -0.486 e. The van der Waals surface area contributed by atoms with Gasteiger partial charge in [-0.1, -0.05) is 43.8 Å². The van der Waals surface area contributed by atoms with Crippen LogP contribution in [-0.4, -0.2) is 33.0 Å². The Kier molecular flexibility index (Phi) is 7.78. The third-order valence-corrected chi connectivity index (χ3v) is 4.51. The Morgan fingerprint density at radius 3 is 2.72 bits per heavy atom. The van der Waals surface area contributed by atoms with Gasteiger partial charge in [0.1, 0.15) is 12.4 Å². The molecule has 1 amide bonds. The van der Waals surface area contributed by atoms with Gasteiger partial charge in [-0.15, -0.1) is 10.2 Å². The standard InChI is InChI=1S/C18H26N4O2S/c1-4-19-17(23)13-25-18-21-20-16(22(18)11-10-14(2)3)12-24-15-8-6-5-7-9-15/h5-9,14H,4,10-13H2,1-3H3,(H,19,23). The Morgan fingerprint density at radius 2 is 2.04 bits per heavy atom. The highest BCUT2D eigenvalue weighted by Crippen LogP contribution is 2.20. The average molecular weight is 362 g/mol. The lowest BCUT2D eigenvalue weighted by atomic mass is 10.1. The van der Waals surface area contributed by atoms with Crippen LogP contribution >= 0.6 is 11.8 Å². The van der Waals surface area contributed by atoms with Gasteiger partial charge in [0.05, 0.1) is 5.75 Å². The predicted octanol–water partition coefficient (Wildman–Crippen LogP) is 3.13. The van der Waals surface area contributed by atoms with E-state index in [-0.39, 0.29) is 5.91 Å². The summed E-state index contributed by atoms with van der Waals surface area (Å²) in [5.41, 5.74) is 0. The zero-order valence-corrected chi connectivity index (χ0v) is 15.9. The Balaban J connectivity index is 2.05. The minimum atomic E-state index is 0.00740. The van der Waals surface area contributed by atoms with E-state index in [0.717, 1.165) is 29.7 Å². The molecule has 0 aliphatic rings. The zero-order chi connectivity index (χ0) is 18.1. The third kappa shape index (κ3) is 6.42. The molecule has 136 valence electrons. The predicted molar refractivity (Wildman–Crippen MR) is 99.7 cm³/mol. The Hall–Kier alpha value is -2.02. The fourth-order valence-electron chi connectivity index (χ4n) is 2.19. The summed E-state index contributed by atoms with van der Waals surface area (Å²) in [5.74, 6) is 2.51. The second-order valence-corrected chi connectivity index (χ2v) is 7.02. The first-order valence-electron chi connectivity index (χ1n) is 8.59. The number of hydrogen-bond acceptors (Lipinski definition) is 5. The fraction of sp³-hybridized carbons (Fsp3) is 0.500. The molecule has 0 spiro atoms. The number of carbonyl (C=O) groups is 1. The number of carbonyl (C=O) groups excluding carboxylic acids is 1. The number of hydrogen-bond donors (Lipinski definition) is 1. The van der Waals surface area contributed by atoms with Crippen LogP contribution < -0.4 is 10.1 Å². The molecule has 1 heterocycles. The Labute approximate surface area is 153 Å². The van der Waals surface area contributed by atoms with E-state index in [1.54, 1.807) is 0 Å². The highest BCUT2D eigenvalue weighted by Gasteiger charge is 2.15. The topological polar surface area (TPSA) is 69.0 Å². The summed E-state index contributed by atoms with van der Waals surface area (Å²) in [6.07, 6.45) is 1.02. The summed E-state index contributed by atoms with van der Waals surface area (Å²) >= 11 is 1.41.